The summed E-state index contributed by atoms with van der Waals surface area (Å²) < 4.78 is 4.87. The fraction of sp³-hybridized carbons (Fsp3) is 0.667. The normalized spacial score (nSPS) is 20.2. The van der Waals surface area contributed by atoms with Crippen LogP contribution in [0.2, 0.25) is 0 Å². The molecule has 18 heavy (non-hydrogen) atoms. The molecule has 1 aliphatic heterocycles. The summed E-state index contributed by atoms with van der Waals surface area (Å²) in [5, 5.41) is 15.4. The summed E-state index contributed by atoms with van der Waals surface area (Å²) in [5.74, 6) is 1.45. The number of likely N-dealkylation sites (tertiary alicyclic amines) is 1. The van der Waals surface area contributed by atoms with Crippen LogP contribution in [0.4, 0.5) is 5.82 Å². The van der Waals surface area contributed by atoms with Gasteiger partial charge in [-0.3, -0.25) is 4.79 Å². The van der Waals surface area contributed by atoms with Gasteiger partial charge in [0, 0.05) is 32.2 Å². The van der Waals surface area contributed by atoms with Crippen molar-refractivity contribution >= 4 is 11.7 Å². The van der Waals surface area contributed by atoms with Crippen LogP contribution in [-0.4, -0.2) is 47.3 Å². The molecule has 0 aliphatic carbocycles. The van der Waals surface area contributed by atoms with Crippen molar-refractivity contribution in [3.63, 3.8) is 0 Å². The van der Waals surface area contributed by atoms with E-state index >= 15 is 0 Å². The van der Waals surface area contributed by atoms with E-state index in [9.17, 15) is 4.79 Å². The first-order valence-corrected chi connectivity index (χ1v) is 6.23. The number of carbonyl (C=O) groups is 1. The minimum Gasteiger partial charge on any atom is -0.396 e. The molecule has 2 N–H and O–H groups in total. The molecular formula is C12H19N3O3. The van der Waals surface area contributed by atoms with Gasteiger partial charge < -0.3 is 19.8 Å². The zero-order chi connectivity index (χ0) is 13.0. The van der Waals surface area contributed by atoms with Gasteiger partial charge in [-0.2, -0.15) is 0 Å². The Morgan fingerprint density at radius 1 is 1.72 bits per heavy atom. The summed E-state index contributed by atoms with van der Waals surface area (Å²) in [4.78, 5) is 13.9. The molecule has 1 saturated heterocycles. The van der Waals surface area contributed by atoms with Crippen molar-refractivity contribution in [3.05, 3.63) is 11.8 Å². The molecule has 1 aromatic rings. The topological polar surface area (TPSA) is 78.6 Å². The minimum atomic E-state index is -0.0595. The Bertz CT molecular complexity index is 405. The summed E-state index contributed by atoms with van der Waals surface area (Å²) in [6, 6.07) is 1.69. The average Bonchev–Trinajstić information content (AvgIpc) is 2.95. The number of hydrogen-bond donors (Lipinski definition) is 2. The number of nitrogens with zero attached hydrogens (tertiary/aromatic N) is 2. The van der Waals surface area contributed by atoms with Gasteiger partial charge in [-0.25, -0.2) is 0 Å². The van der Waals surface area contributed by atoms with Gasteiger partial charge in [-0.15, -0.1) is 0 Å². The number of carbonyl (C=O) groups excluding carboxylic acids is 1. The lowest BCUT2D eigenvalue weighted by Gasteiger charge is -2.14. The summed E-state index contributed by atoms with van der Waals surface area (Å²) in [6.45, 7) is 4.58. The number of aliphatic hydroxyl groups is 1. The Labute approximate surface area is 106 Å². The molecule has 1 aliphatic rings. The highest BCUT2D eigenvalue weighted by Crippen LogP contribution is 2.15. The van der Waals surface area contributed by atoms with E-state index in [1.54, 1.807) is 13.0 Å². The summed E-state index contributed by atoms with van der Waals surface area (Å²) in [5.41, 5.74) is 0. The van der Waals surface area contributed by atoms with Gasteiger partial charge in [0.2, 0.25) is 5.91 Å². The van der Waals surface area contributed by atoms with Crippen LogP contribution in [0.25, 0.3) is 0 Å². The van der Waals surface area contributed by atoms with Gasteiger partial charge in [0.25, 0.3) is 0 Å². The fourth-order valence-corrected chi connectivity index (χ4v) is 2.16. The molecule has 0 spiro atoms. The Hall–Kier alpha value is -1.40. The number of aliphatic hydroxyl groups excluding tert-OH is 1. The van der Waals surface area contributed by atoms with Gasteiger partial charge >= 0.3 is 0 Å². The van der Waals surface area contributed by atoms with Crippen molar-refractivity contribution < 1.29 is 14.4 Å². The molecule has 0 bridgehead atoms. The molecule has 100 valence electrons. The minimum absolute atomic E-state index is 0.0595. The van der Waals surface area contributed by atoms with E-state index < -0.39 is 0 Å². The molecule has 0 saturated carbocycles. The van der Waals surface area contributed by atoms with Crippen molar-refractivity contribution in [2.75, 3.05) is 31.6 Å². The molecule has 6 nitrogen and oxygen atoms in total. The molecule has 1 unspecified atom stereocenters. The average molecular weight is 253 g/mol. The fourth-order valence-electron chi connectivity index (χ4n) is 2.16. The van der Waals surface area contributed by atoms with Crippen LogP contribution in [0.15, 0.2) is 10.6 Å². The van der Waals surface area contributed by atoms with Crippen molar-refractivity contribution in [2.45, 2.75) is 19.8 Å². The maximum Gasteiger partial charge on any atom is 0.226 e. The van der Waals surface area contributed by atoms with Gasteiger partial charge in [0.05, 0.1) is 0 Å². The SMILES string of the molecule is Cc1cc(NC(=O)CCN2CCC(CO)C2)no1. The van der Waals surface area contributed by atoms with Crippen LogP contribution in [0.5, 0.6) is 0 Å². The largest absolute Gasteiger partial charge is 0.396 e. The van der Waals surface area contributed by atoms with Crippen LogP contribution in [0.3, 0.4) is 0 Å². The first kappa shape index (κ1) is 13.0. The van der Waals surface area contributed by atoms with Crippen LogP contribution in [0.1, 0.15) is 18.6 Å². The van der Waals surface area contributed by atoms with E-state index in [1.807, 2.05) is 0 Å². The first-order valence-electron chi connectivity index (χ1n) is 6.23. The molecule has 0 radical (unpaired) electrons. The standard InChI is InChI=1S/C12H19N3O3/c1-9-6-11(14-18-9)13-12(17)3-5-15-4-2-10(7-15)8-16/h6,10,16H,2-5,7-8H2,1H3,(H,13,14,17). The van der Waals surface area contributed by atoms with Gasteiger partial charge in [0.1, 0.15) is 5.76 Å². The predicted octanol–water partition coefficient (Wildman–Crippen LogP) is 0.626. The Balaban J connectivity index is 1.69. The van der Waals surface area contributed by atoms with Crippen molar-refractivity contribution in [3.8, 4) is 0 Å². The molecule has 1 amide bonds. The van der Waals surface area contributed by atoms with Crippen molar-refractivity contribution in [2.24, 2.45) is 5.92 Å². The van der Waals surface area contributed by atoms with Crippen LogP contribution < -0.4 is 5.32 Å². The number of aromatic nitrogens is 1. The summed E-state index contributed by atoms with van der Waals surface area (Å²) >= 11 is 0. The zero-order valence-electron chi connectivity index (χ0n) is 10.6. The highest BCUT2D eigenvalue weighted by molar-refractivity contribution is 5.89. The number of hydrogen-bond acceptors (Lipinski definition) is 5. The van der Waals surface area contributed by atoms with E-state index in [0.29, 0.717) is 23.9 Å². The molecule has 1 fully saturated rings. The number of rotatable bonds is 5. The quantitative estimate of drug-likeness (QED) is 0.804. The molecule has 2 rings (SSSR count). The lowest BCUT2D eigenvalue weighted by molar-refractivity contribution is -0.116. The number of amides is 1. The molecule has 0 aromatic carbocycles. The zero-order valence-corrected chi connectivity index (χ0v) is 10.6. The van der Waals surface area contributed by atoms with Gasteiger partial charge in [0.15, 0.2) is 5.82 Å². The van der Waals surface area contributed by atoms with Crippen LogP contribution in [0, 0.1) is 12.8 Å². The second-order valence-corrected chi connectivity index (χ2v) is 4.76. The molecule has 1 atom stereocenters. The van der Waals surface area contributed by atoms with Gasteiger partial charge in [-0.1, -0.05) is 5.16 Å². The molecule has 6 heteroatoms. The Morgan fingerprint density at radius 2 is 2.56 bits per heavy atom. The van der Waals surface area contributed by atoms with Crippen molar-refractivity contribution in [1.82, 2.24) is 10.1 Å². The summed E-state index contributed by atoms with van der Waals surface area (Å²) in [6.07, 6.45) is 1.45. The highest BCUT2D eigenvalue weighted by Gasteiger charge is 2.21. The smallest absolute Gasteiger partial charge is 0.226 e. The maximum absolute atomic E-state index is 11.7. The number of aryl methyl sites for hydroxylation is 1. The lowest BCUT2D eigenvalue weighted by atomic mass is 10.1. The van der Waals surface area contributed by atoms with E-state index in [1.165, 1.54) is 0 Å². The monoisotopic (exact) mass is 253 g/mol. The number of anilines is 1. The van der Waals surface area contributed by atoms with Gasteiger partial charge in [-0.05, 0) is 25.8 Å². The number of nitrogens with one attached hydrogen (secondary N) is 1. The second-order valence-electron chi connectivity index (χ2n) is 4.76. The van der Waals surface area contributed by atoms with E-state index in [4.69, 9.17) is 9.63 Å². The molecule has 2 heterocycles. The lowest BCUT2D eigenvalue weighted by Crippen LogP contribution is -2.26. The molecule has 1 aromatic heterocycles. The second kappa shape index (κ2) is 5.97. The van der Waals surface area contributed by atoms with Crippen molar-refractivity contribution in [1.29, 1.82) is 0 Å². The molecular weight excluding hydrogens is 234 g/mol. The Morgan fingerprint density at radius 3 is 3.17 bits per heavy atom. The van der Waals surface area contributed by atoms with E-state index in [2.05, 4.69) is 15.4 Å². The predicted molar refractivity (Wildman–Crippen MR) is 66.1 cm³/mol. The maximum atomic E-state index is 11.7. The third-order valence-corrected chi connectivity index (χ3v) is 3.18. The Kier molecular flexibility index (Phi) is 4.33. The highest BCUT2D eigenvalue weighted by atomic mass is 16.5. The first-order chi connectivity index (χ1) is 8.67. The van der Waals surface area contributed by atoms with E-state index in [0.717, 1.165) is 26.1 Å². The summed E-state index contributed by atoms with van der Waals surface area (Å²) in [7, 11) is 0. The third-order valence-electron chi connectivity index (χ3n) is 3.18. The third kappa shape index (κ3) is 3.54. The van der Waals surface area contributed by atoms with Crippen LogP contribution in [-0.2, 0) is 4.79 Å². The van der Waals surface area contributed by atoms with Crippen LogP contribution >= 0.6 is 0 Å². The van der Waals surface area contributed by atoms with E-state index in [-0.39, 0.29) is 12.5 Å².